The van der Waals surface area contributed by atoms with E-state index in [1.807, 2.05) is 61.6 Å². The number of anilines is 3. The first kappa shape index (κ1) is 18.4. The zero-order chi connectivity index (χ0) is 19.1. The van der Waals surface area contributed by atoms with Gasteiger partial charge >= 0.3 is 0 Å². The molecule has 138 valence electrons. The monoisotopic (exact) mass is 361 g/mol. The smallest absolute Gasteiger partial charge is 0.139 e. The SMILES string of the molecule is CN=C(Cc1c(NC)ncnc1Nc1ccccc1)c1cccc(OC)c1. The van der Waals surface area contributed by atoms with Crippen LogP contribution in [0.15, 0.2) is 65.9 Å². The Labute approximate surface area is 159 Å². The van der Waals surface area contributed by atoms with E-state index < -0.39 is 0 Å². The normalized spacial score (nSPS) is 11.1. The summed E-state index contributed by atoms with van der Waals surface area (Å²) in [6.45, 7) is 0. The topological polar surface area (TPSA) is 71.4 Å². The molecule has 0 saturated carbocycles. The van der Waals surface area contributed by atoms with Crippen molar-refractivity contribution in [1.29, 1.82) is 0 Å². The third kappa shape index (κ3) is 4.41. The maximum absolute atomic E-state index is 5.34. The minimum atomic E-state index is 0.579. The van der Waals surface area contributed by atoms with Gasteiger partial charge in [-0.3, -0.25) is 4.99 Å². The first-order valence-electron chi connectivity index (χ1n) is 8.69. The van der Waals surface area contributed by atoms with Crippen molar-refractivity contribution >= 4 is 23.0 Å². The molecule has 0 aliphatic heterocycles. The largest absolute Gasteiger partial charge is 0.497 e. The molecule has 0 radical (unpaired) electrons. The molecule has 0 amide bonds. The van der Waals surface area contributed by atoms with Gasteiger partial charge in [-0.05, 0) is 29.8 Å². The second-order valence-electron chi connectivity index (χ2n) is 5.87. The highest BCUT2D eigenvalue weighted by molar-refractivity contribution is 6.03. The number of para-hydroxylation sites is 1. The van der Waals surface area contributed by atoms with Gasteiger partial charge in [0.15, 0.2) is 0 Å². The third-order valence-corrected chi connectivity index (χ3v) is 4.24. The maximum atomic E-state index is 5.34. The van der Waals surface area contributed by atoms with Crippen molar-refractivity contribution in [2.45, 2.75) is 6.42 Å². The lowest BCUT2D eigenvalue weighted by atomic mass is 10.0. The molecule has 6 heteroatoms. The summed E-state index contributed by atoms with van der Waals surface area (Å²) in [5, 5.41) is 6.53. The van der Waals surface area contributed by atoms with Crippen molar-refractivity contribution in [3.8, 4) is 5.75 Å². The second kappa shape index (κ2) is 8.80. The van der Waals surface area contributed by atoms with Crippen LogP contribution in [-0.2, 0) is 6.42 Å². The summed E-state index contributed by atoms with van der Waals surface area (Å²) in [6, 6.07) is 17.8. The Kier molecular flexibility index (Phi) is 5.99. The molecule has 0 saturated heterocycles. The number of aliphatic imine (C=N–C) groups is 1. The summed E-state index contributed by atoms with van der Waals surface area (Å²) >= 11 is 0. The number of methoxy groups -OCH3 is 1. The van der Waals surface area contributed by atoms with E-state index in [2.05, 4.69) is 25.6 Å². The van der Waals surface area contributed by atoms with Gasteiger partial charge < -0.3 is 15.4 Å². The van der Waals surface area contributed by atoms with E-state index in [9.17, 15) is 0 Å². The van der Waals surface area contributed by atoms with E-state index in [4.69, 9.17) is 4.74 Å². The number of nitrogens with zero attached hydrogens (tertiary/aromatic N) is 3. The van der Waals surface area contributed by atoms with Crippen molar-refractivity contribution in [2.75, 3.05) is 31.8 Å². The first-order valence-corrected chi connectivity index (χ1v) is 8.69. The lowest BCUT2D eigenvalue weighted by molar-refractivity contribution is 0.414. The molecule has 0 fully saturated rings. The Hall–Kier alpha value is -3.41. The molecule has 0 atom stereocenters. The minimum absolute atomic E-state index is 0.579. The number of rotatable bonds is 7. The Morgan fingerprint density at radius 1 is 1.04 bits per heavy atom. The molecule has 1 heterocycles. The van der Waals surface area contributed by atoms with E-state index in [0.717, 1.165) is 39.9 Å². The third-order valence-electron chi connectivity index (χ3n) is 4.24. The van der Waals surface area contributed by atoms with Crippen molar-refractivity contribution < 1.29 is 4.74 Å². The molecule has 1 aromatic heterocycles. The van der Waals surface area contributed by atoms with Crippen LogP contribution in [0.1, 0.15) is 11.1 Å². The van der Waals surface area contributed by atoms with Crippen LogP contribution >= 0.6 is 0 Å². The highest BCUT2D eigenvalue weighted by atomic mass is 16.5. The fourth-order valence-corrected chi connectivity index (χ4v) is 2.84. The Bertz CT molecular complexity index is 925. The van der Waals surface area contributed by atoms with Gasteiger partial charge in [0, 0.05) is 37.5 Å². The van der Waals surface area contributed by atoms with Crippen LogP contribution in [0.25, 0.3) is 0 Å². The standard InChI is InChI=1S/C21H23N5O/c1-22-19(15-8-7-11-17(12-15)27-3)13-18-20(23-2)24-14-25-21(18)26-16-9-5-4-6-10-16/h4-12,14H,13H2,1-3H3,(H2,23,24,25,26). The van der Waals surface area contributed by atoms with Gasteiger partial charge in [0.1, 0.15) is 23.7 Å². The summed E-state index contributed by atoms with van der Waals surface area (Å²) in [6.07, 6.45) is 2.13. The Morgan fingerprint density at radius 2 is 1.81 bits per heavy atom. The van der Waals surface area contributed by atoms with Gasteiger partial charge in [-0.15, -0.1) is 0 Å². The van der Waals surface area contributed by atoms with Crippen LogP contribution in [0.3, 0.4) is 0 Å². The highest BCUT2D eigenvalue weighted by Crippen LogP contribution is 2.26. The van der Waals surface area contributed by atoms with Crippen molar-refractivity contribution in [2.24, 2.45) is 4.99 Å². The predicted molar refractivity (Wildman–Crippen MR) is 110 cm³/mol. The molecule has 2 aromatic carbocycles. The zero-order valence-corrected chi connectivity index (χ0v) is 15.7. The quantitative estimate of drug-likeness (QED) is 0.624. The van der Waals surface area contributed by atoms with E-state index >= 15 is 0 Å². The molecule has 2 N–H and O–H groups in total. The van der Waals surface area contributed by atoms with Gasteiger partial charge in [-0.2, -0.15) is 0 Å². The molecular weight excluding hydrogens is 338 g/mol. The van der Waals surface area contributed by atoms with Crippen LogP contribution in [0, 0.1) is 0 Å². The number of hydrogen-bond donors (Lipinski definition) is 2. The lowest BCUT2D eigenvalue weighted by Crippen LogP contribution is -2.12. The van der Waals surface area contributed by atoms with E-state index in [0.29, 0.717) is 6.42 Å². The van der Waals surface area contributed by atoms with Gasteiger partial charge in [-0.1, -0.05) is 30.3 Å². The number of aromatic nitrogens is 2. The summed E-state index contributed by atoms with van der Waals surface area (Å²) in [7, 11) is 5.31. The fraction of sp³-hybridized carbons (Fsp3) is 0.190. The number of nitrogens with one attached hydrogen (secondary N) is 2. The van der Waals surface area contributed by atoms with Crippen LogP contribution < -0.4 is 15.4 Å². The maximum Gasteiger partial charge on any atom is 0.139 e. The Balaban J connectivity index is 1.96. The molecular formula is C21H23N5O. The molecule has 27 heavy (non-hydrogen) atoms. The van der Waals surface area contributed by atoms with Gasteiger partial charge in [-0.25, -0.2) is 9.97 Å². The molecule has 0 aliphatic rings. The first-order chi connectivity index (χ1) is 13.2. The fourth-order valence-electron chi connectivity index (χ4n) is 2.84. The van der Waals surface area contributed by atoms with E-state index in [1.165, 1.54) is 0 Å². The highest BCUT2D eigenvalue weighted by Gasteiger charge is 2.15. The molecule has 0 spiro atoms. The Morgan fingerprint density at radius 3 is 2.52 bits per heavy atom. The molecule has 3 rings (SSSR count). The summed E-state index contributed by atoms with van der Waals surface area (Å²) in [4.78, 5) is 13.3. The number of ether oxygens (including phenoxy) is 1. The predicted octanol–water partition coefficient (Wildman–Crippen LogP) is 3.93. The summed E-state index contributed by atoms with van der Waals surface area (Å²) in [5.41, 5.74) is 3.85. The minimum Gasteiger partial charge on any atom is -0.497 e. The van der Waals surface area contributed by atoms with Crippen LogP contribution in [-0.4, -0.2) is 36.9 Å². The van der Waals surface area contributed by atoms with Gasteiger partial charge in [0.25, 0.3) is 0 Å². The average molecular weight is 361 g/mol. The van der Waals surface area contributed by atoms with E-state index in [1.54, 1.807) is 20.5 Å². The second-order valence-corrected chi connectivity index (χ2v) is 5.87. The molecule has 0 aliphatic carbocycles. The number of benzene rings is 2. The van der Waals surface area contributed by atoms with Crippen LogP contribution in [0.5, 0.6) is 5.75 Å². The van der Waals surface area contributed by atoms with Crippen molar-refractivity contribution in [3.63, 3.8) is 0 Å². The molecule has 3 aromatic rings. The van der Waals surface area contributed by atoms with Crippen LogP contribution in [0.2, 0.25) is 0 Å². The lowest BCUT2D eigenvalue weighted by Gasteiger charge is -2.15. The zero-order valence-electron chi connectivity index (χ0n) is 15.7. The van der Waals surface area contributed by atoms with Gasteiger partial charge in [0.05, 0.1) is 7.11 Å². The number of hydrogen-bond acceptors (Lipinski definition) is 6. The average Bonchev–Trinajstić information content (AvgIpc) is 2.73. The van der Waals surface area contributed by atoms with Crippen LogP contribution in [0.4, 0.5) is 17.3 Å². The van der Waals surface area contributed by atoms with Crippen molar-refractivity contribution in [3.05, 3.63) is 72.1 Å². The summed E-state index contributed by atoms with van der Waals surface area (Å²) < 4.78 is 5.34. The molecule has 0 bridgehead atoms. The molecule has 0 unspecified atom stereocenters. The van der Waals surface area contributed by atoms with Gasteiger partial charge in [0.2, 0.25) is 0 Å². The van der Waals surface area contributed by atoms with E-state index in [-0.39, 0.29) is 0 Å². The van der Waals surface area contributed by atoms with Crippen molar-refractivity contribution in [1.82, 2.24) is 9.97 Å². The molecule has 6 nitrogen and oxygen atoms in total. The summed E-state index contributed by atoms with van der Waals surface area (Å²) in [5.74, 6) is 2.33.